The highest BCUT2D eigenvalue weighted by atomic mass is 32.1. The van der Waals surface area contributed by atoms with E-state index in [9.17, 15) is 4.79 Å². The van der Waals surface area contributed by atoms with Crippen molar-refractivity contribution in [1.29, 1.82) is 0 Å². The van der Waals surface area contributed by atoms with E-state index in [1.165, 1.54) is 4.88 Å². The normalized spacial score (nSPS) is 19.2. The summed E-state index contributed by atoms with van der Waals surface area (Å²) in [4.78, 5) is 19.2. The Kier molecular flexibility index (Phi) is 4.55. The molecule has 1 aromatic carbocycles. The molecule has 1 aromatic heterocycles. The predicted octanol–water partition coefficient (Wildman–Crippen LogP) is 3.53. The SMILES string of the molecule is Cc1ncsc1CN1CCC[C@H](c2cccc(C(=O)O)c2)C1. The first-order chi connectivity index (χ1) is 10.6. The molecule has 1 N–H and O–H groups in total. The van der Waals surface area contributed by atoms with Crippen molar-refractivity contribution in [3.8, 4) is 0 Å². The summed E-state index contributed by atoms with van der Waals surface area (Å²) >= 11 is 1.72. The van der Waals surface area contributed by atoms with E-state index < -0.39 is 5.97 Å². The third-order valence-electron chi connectivity index (χ3n) is 4.32. The van der Waals surface area contributed by atoms with Gasteiger partial charge in [-0.05, 0) is 49.9 Å². The highest BCUT2D eigenvalue weighted by molar-refractivity contribution is 7.09. The molecule has 0 unspecified atom stereocenters. The minimum absolute atomic E-state index is 0.382. The average molecular weight is 316 g/mol. The molecule has 0 saturated carbocycles. The van der Waals surface area contributed by atoms with Crippen molar-refractivity contribution >= 4 is 17.3 Å². The van der Waals surface area contributed by atoms with Crippen molar-refractivity contribution in [2.24, 2.45) is 0 Å². The number of hydrogen-bond acceptors (Lipinski definition) is 4. The summed E-state index contributed by atoms with van der Waals surface area (Å²) in [6, 6.07) is 7.39. The topological polar surface area (TPSA) is 53.4 Å². The number of aromatic nitrogens is 1. The largest absolute Gasteiger partial charge is 0.478 e. The lowest BCUT2D eigenvalue weighted by molar-refractivity contribution is 0.0696. The first-order valence-corrected chi connectivity index (χ1v) is 8.46. The maximum atomic E-state index is 11.1. The molecule has 0 aliphatic carbocycles. The van der Waals surface area contributed by atoms with Gasteiger partial charge in [-0.1, -0.05) is 12.1 Å². The van der Waals surface area contributed by atoms with Gasteiger partial charge in [0, 0.05) is 18.0 Å². The van der Waals surface area contributed by atoms with E-state index in [4.69, 9.17) is 5.11 Å². The number of benzene rings is 1. The third-order valence-corrected chi connectivity index (χ3v) is 5.24. The molecule has 3 rings (SSSR count). The van der Waals surface area contributed by atoms with Crippen LogP contribution < -0.4 is 0 Å². The number of nitrogens with zero attached hydrogens (tertiary/aromatic N) is 2. The molecule has 22 heavy (non-hydrogen) atoms. The Morgan fingerprint density at radius 3 is 3.09 bits per heavy atom. The minimum Gasteiger partial charge on any atom is -0.478 e. The number of carbonyl (C=O) groups is 1. The summed E-state index contributed by atoms with van der Waals surface area (Å²) in [6.45, 7) is 5.10. The zero-order valence-electron chi connectivity index (χ0n) is 12.7. The van der Waals surface area contributed by atoms with Gasteiger partial charge >= 0.3 is 5.97 Å². The maximum absolute atomic E-state index is 11.1. The van der Waals surface area contributed by atoms with E-state index in [2.05, 4.69) is 22.9 Å². The zero-order valence-corrected chi connectivity index (χ0v) is 13.5. The molecule has 0 radical (unpaired) electrons. The monoisotopic (exact) mass is 316 g/mol. The third kappa shape index (κ3) is 3.36. The van der Waals surface area contributed by atoms with Crippen LogP contribution in [-0.2, 0) is 6.54 Å². The highest BCUT2D eigenvalue weighted by Crippen LogP contribution is 2.29. The Bertz CT molecular complexity index is 668. The molecular formula is C17H20N2O2S. The predicted molar refractivity (Wildman–Crippen MR) is 87.5 cm³/mol. The molecule has 1 aliphatic heterocycles. The van der Waals surface area contributed by atoms with Crippen LogP contribution in [0.5, 0.6) is 0 Å². The van der Waals surface area contributed by atoms with E-state index in [1.807, 2.05) is 17.6 Å². The van der Waals surface area contributed by atoms with Crippen LogP contribution in [0.2, 0.25) is 0 Å². The number of rotatable bonds is 4. The van der Waals surface area contributed by atoms with Gasteiger partial charge in [-0.3, -0.25) is 4.90 Å². The number of aromatic carboxylic acids is 1. The summed E-state index contributed by atoms with van der Waals surface area (Å²) in [5.41, 5.74) is 4.56. The van der Waals surface area contributed by atoms with Crippen molar-refractivity contribution < 1.29 is 9.90 Å². The van der Waals surface area contributed by atoms with Crippen molar-refractivity contribution in [2.45, 2.75) is 32.2 Å². The molecule has 116 valence electrons. The first-order valence-electron chi connectivity index (χ1n) is 7.58. The molecule has 0 bridgehead atoms. The molecule has 1 fully saturated rings. The van der Waals surface area contributed by atoms with Crippen LogP contribution in [0.3, 0.4) is 0 Å². The van der Waals surface area contributed by atoms with Crippen molar-refractivity contribution in [1.82, 2.24) is 9.88 Å². The second-order valence-corrected chi connectivity index (χ2v) is 6.81. The number of piperidine rings is 1. The van der Waals surface area contributed by atoms with E-state index in [0.717, 1.165) is 43.7 Å². The maximum Gasteiger partial charge on any atom is 0.335 e. The molecule has 0 spiro atoms. The lowest BCUT2D eigenvalue weighted by Gasteiger charge is -2.32. The molecule has 0 amide bonds. The molecule has 5 heteroatoms. The standard InChI is InChI=1S/C17H20N2O2S/c1-12-16(22-11-18-12)10-19-7-3-6-15(9-19)13-4-2-5-14(8-13)17(20)21/h2,4-5,8,11,15H,3,6-7,9-10H2,1H3,(H,20,21)/t15-/m0/s1. The summed E-state index contributed by atoms with van der Waals surface area (Å²) in [6.07, 6.45) is 2.28. The quantitative estimate of drug-likeness (QED) is 0.937. The van der Waals surface area contributed by atoms with Crippen LogP contribution in [0.4, 0.5) is 0 Å². The Balaban J connectivity index is 1.71. The summed E-state index contributed by atoms with van der Waals surface area (Å²) in [7, 11) is 0. The van der Waals surface area contributed by atoms with Gasteiger partial charge in [0.05, 0.1) is 16.8 Å². The van der Waals surface area contributed by atoms with Gasteiger partial charge in [0.15, 0.2) is 0 Å². The van der Waals surface area contributed by atoms with Crippen molar-refractivity contribution in [3.63, 3.8) is 0 Å². The van der Waals surface area contributed by atoms with Gasteiger partial charge < -0.3 is 5.11 Å². The molecule has 1 atom stereocenters. The van der Waals surface area contributed by atoms with E-state index >= 15 is 0 Å². The average Bonchev–Trinajstić information content (AvgIpc) is 2.93. The fourth-order valence-corrected chi connectivity index (χ4v) is 3.90. The molecule has 4 nitrogen and oxygen atoms in total. The number of carboxylic acids is 1. The van der Waals surface area contributed by atoms with Crippen LogP contribution in [0.15, 0.2) is 29.8 Å². The molecule has 2 aromatic rings. The van der Waals surface area contributed by atoms with Crippen LogP contribution >= 0.6 is 11.3 Å². The smallest absolute Gasteiger partial charge is 0.335 e. The molecule has 1 aliphatic rings. The lowest BCUT2D eigenvalue weighted by atomic mass is 9.89. The zero-order chi connectivity index (χ0) is 15.5. The Hall–Kier alpha value is -1.72. The van der Waals surface area contributed by atoms with Crippen molar-refractivity contribution in [2.75, 3.05) is 13.1 Å². The van der Waals surface area contributed by atoms with Gasteiger partial charge in [-0.15, -0.1) is 11.3 Å². The number of thiazole rings is 1. The Labute approximate surface area is 134 Å². The summed E-state index contributed by atoms with van der Waals surface area (Å²) in [5.74, 6) is -0.434. The number of likely N-dealkylation sites (tertiary alicyclic amines) is 1. The van der Waals surface area contributed by atoms with Gasteiger partial charge in [-0.2, -0.15) is 0 Å². The highest BCUT2D eigenvalue weighted by Gasteiger charge is 2.22. The molecule has 2 heterocycles. The van der Waals surface area contributed by atoms with Gasteiger partial charge in [0.1, 0.15) is 0 Å². The fourth-order valence-electron chi connectivity index (χ4n) is 3.08. The minimum atomic E-state index is -0.852. The van der Waals surface area contributed by atoms with E-state index in [1.54, 1.807) is 17.4 Å². The van der Waals surface area contributed by atoms with Crippen molar-refractivity contribution in [3.05, 3.63) is 51.5 Å². The fraction of sp³-hybridized carbons (Fsp3) is 0.412. The van der Waals surface area contributed by atoms with Crippen LogP contribution in [0.1, 0.15) is 45.3 Å². The van der Waals surface area contributed by atoms with Crippen LogP contribution in [0, 0.1) is 6.92 Å². The Morgan fingerprint density at radius 1 is 1.50 bits per heavy atom. The molecule has 1 saturated heterocycles. The lowest BCUT2D eigenvalue weighted by Crippen LogP contribution is -2.33. The van der Waals surface area contributed by atoms with Gasteiger partial charge in [0.2, 0.25) is 0 Å². The number of carboxylic acid groups (broad SMARTS) is 1. The Morgan fingerprint density at radius 2 is 2.36 bits per heavy atom. The van der Waals surface area contributed by atoms with E-state index in [0.29, 0.717) is 11.5 Å². The van der Waals surface area contributed by atoms with Gasteiger partial charge in [-0.25, -0.2) is 9.78 Å². The molecular weight excluding hydrogens is 296 g/mol. The van der Waals surface area contributed by atoms with E-state index in [-0.39, 0.29) is 0 Å². The second kappa shape index (κ2) is 6.58. The summed E-state index contributed by atoms with van der Waals surface area (Å²) in [5, 5.41) is 9.15. The first kappa shape index (κ1) is 15.2. The number of aryl methyl sites for hydroxylation is 1. The second-order valence-electron chi connectivity index (χ2n) is 5.87. The summed E-state index contributed by atoms with van der Waals surface area (Å²) < 4.78 is 0. The van der Waals surface area contributed by atoms with Gasteiger partial charge in [0.25, 0.3) is 0 Å². The number of hydrogen-bond donors (Lipinski definition) is 1. The van der Waals surface area contributed by atoms with Crippen LogP contribution in [-0.4, -0.2) is 34.0 Å². The van der Waals surface area contributed by atoms with Crippen LogP contribution in [0.25, 0.3) is 0 Å².